The molecule has 0 bridgehead atoms. The summed E-state index contributed by atoms with van der Waals surface area (Å²) in [6, 6.07) is 7.95. The van der Waals surface area contributed by atoms with Crippen molar-refractivity contribution in [1.82, 2.24) is 4.98 Å². The molecule has 2 aromatic carbocycles. The Morgan fingerprint density at radius 3 is 2.62 bits per heavy atom. The van der Waals surface area contributed by atoms with E-state index in [2.05, 4.69) is 10.3 Å². The second kappa shape index (κ2) is 14.5. The van der Waals surface area contributed by atoms with Crippen LogP contribution >= 0.6 is 34.5 Å². The van der Waals surface area contributed by atoms with Gasteiger partial charge < -0.3 is 14.6 Å². The zero-order valence-corrected chi connectivity index (χ0v) is 24.1. The maximum Gasteiger partial charge on any atom is 0.331 e. The van der Waals surface area contributed by atoms with E-state index in [0.717, 1.165) is 17.8 Å². The minimum atomic E-state index is -1.11. The third kappa shape index (κ3) is 8.58. The molecule has 0 aliphatic rings. The molecule has 3 aromatic rings. The highest BCUT2D eigenvalue weighted by Gasteiger charge is 2.17. The smallest absolute Gasteiger partial charge is 0.331 e. The quantitative estimate of drug-likeness (QED) is 0.158. The Hall–Kier alpha value is -2.82. The van der Waals surface area contributed by atoms with Crippen LogP contribution in [0.2, 0.25) is 10.0 Å². The molecule has 7 nitrogen and oxygen atoms in total. The number of hydrogen-bond donors (Lipinski definition) is 2. The fraction of sp³-hybridized carbons (Fsp3) is 0.321. The minimum absolute atomic E-state index is 0.0450. The molecule has 0 radical (unpaired) electrons. The summed E-state index contributed by atoms with van der Waals surface area (Å²) in [5.74, 6) is -1.98. The van der Waals surface area contributed by atoms with Gasteiger partial charge in [0, 0.05) is 48.0 Å². The molecule has 11 heteroatoms. The van der Waals surface area contributed by atoms with Crippen LogP contribution in [0.3, 0.4) is 0 Å². The highest BCUT2D eigenvalue weighted by Crippen LogP contribution is 2.31. The van der Waals surface area contributed by atoms with Crippen LogP contribution in [-0.4, -0.2) is 48.4 Å². The number of anilines is 1. The number of carbonyl (C=O) groups is 2. The standard InChI is InChI=1S/C28H29Cl2FN2O5S/c1-16(27(35)36)12-21-22(29)13-19(14-23(21)30)26(34)33-28-32-24(15-39-28)20-8-4-6-18(25(20)31)7-5-10-38-11-9-17(2)37-3/h4,6,8,12-15,17H,5,7,9-11H2,1-3H3,(H,35,36)(H,32,33,34). The second-order valence-corrected chi connectivity index (χ2v) is 10.5. The first kappa shape index (κ1) is 30.7. The highest BCUT2D eigenvalue weighted by molar-refractivity contribution is 7.14. The molecule has 0 aliphatic carbocycles. The lowest BCUT2D eigenvalue weighted by Gasteiger charge is -2.10. The second-order valence-electron chi connectivity index (χ2n) is 8.81. The number of aliphatic carboxylic acids is 1. The van der Waals surface area contributed by atoms with Crippen LogP contribution < -0.4 is 5.32 Å². The third-order valence-electron chi connectivity index (χ3n) is 5.92. The van der Waals surface area contributed by atoms with Crippen LogP contribution in [0.15, 0.2) is 41.3 Å². The van der Waals surface area contributed by atoms with E-state index in [4.69, 9.17) is 37.8 Å². The number of carboxylic acid groups (broad SMARTS) is 1. The monoisotopic (exact) mass is 594 g/mol. The van der Waals surface area contributed by atoms with Crippen molar-refractivity contribution in [3.8, 4) is 11.3 Å². The van der Waals surface area contributed by atoms with E-state index >= 15 is 4.39 Å². The first-order chi connectivity index (χ1) is 18.6. The number of carboxylic acids is 1. The Morgan fingerprint density at radius 1 is 1.23 bits per heavy atom. The average Bonchev–Trinajstić information content (AvgIpc) is 3.36. The Bertz CT molecular complexity index is 1340. The summed E-state index contributed by atoms with van der Waals surface area (Å²) in [5, 5.41) is 14.0. The van der Waals surface area contributed by atoms with E-state index in [1.165, 1.54) is 25.1 Å². The molecule has 2 N–H and O–H groups in total. The van der Waals surface area contributed by atoms with Crippen molar-refractivity contribution in [2.45, 2.75) is 39.2 Å². The first-order valence-electron chi connectivity index (χ1n) is 12.2. The van der Waals surface area contributed by atoms with Gasteiger partial charge in [-0.15, -0.1) is 11.3 Å². The number of ether oxygens (including phenoxy) is 2. The maximum absolute atomic E-state index is 15.2. The normalized spacial score (nSPS) is 12.4. The number of aromatic nitrogens is 1. The summed E-state index contributed by atoms with van der Waals surface area (Å²) in [6.45, 7) is 4.51. The molecule has 1 atom stereocenters. The Balaban J connectivity index is 1.65. The maximum atomic E-state index is 15.2. The van der Waals surface area contributed by atoms with Gasteiger partial charge in [-0.3, -0.25) is 10.1 Å². The van der Waals surface area contributed by atoms with Crippen molar-refractivity contribution >= 4 is 57.6 Å². The summed E-state index contributed by atoms with van der Waals surface area (Å²) in [7, 11) is 1.66. The molecule has 1 aromatic heterocycles. The number of nitrogens with zero attached hydrogens (tertiary/aromatic N) is 1. The summed E-state index contributed by atoms with van der Waals surface area (Å²) >= 11 is 13.7. The van der Waals surface area contributed by atoms with Gasteiger partial charge in [0.15, 0.2) is 5.13 Å². The van der Waals surface area contributed by atoms with Crippen LogP contribution in [0.4, 0.5) is 9.52 Å². The molecule has 1 heterocycles. The molecule has 1 unspecified atom stereocenters. The molecule has 0 saturated heterocycles. The number of benzene rings is 2. The number of amides is 1. The lowest BCUT2D eigenvalue weighted by atomic mass is 10.0. The van der Waals surface area contributed by atoms with Gasteiger partial charge in [-0.2, -0.15) is 0 Å². The zero-order valence-electron chi connectivity index (χ0n) is 21.7. The number of aryl methyl sites for hydroxylation is 1. The van der Waals surface area contributed by atoms with E-state index in [-0.39, 0.29) is 38.2 Å². The van der Waals surface area contributed by atoms with E-state index in [0.29, 0.717) is 48.4 Å². The topological polar surface area (TPSA) is 97.8 Å². The molecule has 0 saturated carbocycles. The van der Waals surface area contributed by atoms with Gasteiger partial charge in [0.05, 0.1) is 21.8 Å². The van der Waals surface area contributed by atoms with E-state index in [9.17, 15) is 9.59 Å². The van der Waals surface area contributed by atoms with Crippen molar-refractivity contribution < 1.29 is 28.6 Å². The number of rotatable bonds is 13. The summed E-state index contributed by atoms with van der Waals surface area (Å²) in [4.78, 5) is 28.3. The predicted octanol–water partition coefficient (Wildman–Crippen LogP) is 7.37. The number of halogens is 3. The first-order valence-corrected chi connectivity index (χ1v) is 13.8. The van der Waals surface area contributed by atoms with Gasteiger partial charge in [0.25, 0.3) is 5.91 Å². The summed E-state index contributed by atoms with van der Waals surface area (Å²) in [6.07, 6.45) is 3.47. The van der Waals surface area contributed by atoms with Gasteiger partial charge in [-0.1, -0.05) is 35.3 Å². The third-order valence-corrected chi connectivity index (χ3v) is 7.31. The van der Waals surface area contributed by atoms with Gasteiger partial charge >= 0.3 is 5.97 Å². The lowest BCUT2D eigenvalue weighted by molar-refractivity contribution is -0.132. The van der Waals surface area contributed by atoms with Crippen molar-refractivity contribution in [2.24, 2.45) is 0 Å². The number of methoxy groups -OCH3 is 1. The fourth-order valence-electron chi connectivity index (χ4n) is 3.56. The van der Waals surface area contributed by atoms with E-state index in [1.54, 1.807) is 30.7 Å². The highest BCUT2D eigenvalue weighted by atomic mass is 35.5. The Labute approximate surface area is 240 Å². The number of thiazole rings is 1. The molecular formula is C28H29Cl2FN2O5S. The van der Waals surface area contributed by atoms with Gasteiger partial charge in [0.2, 0.25) is 0 Å². The van der Waals surface area contributed by atoms with Gasteiger partial charge in [-0.05, 0) is 62.9 Å². The van der Waals surface area contributed by atoms with Crippen LogP contribution in [0.1, 0.15) is 48.2 Å². The molecular weight excluding hydrogens is 566 g/mol. The van der Waals surface area contributed by atoms with Crippen LogP contribution in [-0.2, 0) is 20.7 Å². The van der Waals surface area contributed by atoms with E-state index in [1.807, 2.05) is 6.92 Å². The molecule has 39 heavy (non-hydrogen) atoms. The average molecular weight is 596 g/mol. The predicted molar refractivity (Wildman–Crippen MR) is 153 cm³/mol. The summed E-state index contributed by atoms with van der Waals surface area (Å²) < 4.78 is 26.0. The zero-order chi connectivity index (χ0) is 28.5. The Morgan fingerprint density at radius 2 is 1.95 bits per heavy atom. The molecule has 0 fully saturated rings. The molecule has 3 rings (SSSR count). The molecule has 1 amide bonds. The van der Waals surface area contributed by atoms with Crippen LogP contribution in [0.5, 0.6) is 0 Å². The number of hydrogen-bond acceptors (Lipinski definition) is 6. The van der Waals surface area contributed by atoms with Crippen LogP contribution in [0.25, 0.3) is 17.3 Å². The van der Waals surface area contributed by atoms with Crippen molar-refractivity contribution in [3.05, 3.63) is 73.8 Å². The largest absolute Gasteiger partial charge is 0.478 e. The molecule has 0 spiro atoms. The SMILES string of the molecule is COC(C)CCOCCCc1cccc(-c2csc(NC(=O)c3cc(Cl)c(C=C(C)C(=O)O)c(Cl)c3)n2)c1F. The molecule has 208 valence electrons. The summed E-state index contributed by atoms with van der Waals surface area (Å²) in [5.41, 5.74) is 1.82. The number of nitrogens with one attached hydrogen (secondary N) is 1. The fourth-order valence-corrected chi connectivity index (χ4v) is 4.86. The van der Waals surface area contributed by atoms with Gasteiger partial charge in [0.1, 0.15) is 5.82 Å². The van der Waals surface area contributed by atoms with Crippen molar-refractivity contribution in [3.63, 3.8) is 0 Å². The van der Waals surface area contributed by atoms with Gasteiger partial charge in [-0.25, -0.2) is 14.2 Å². The Kier molecular flexibility index (Phi) is 11.4. The minimum Gasteiger partial charge on any atom is -0.478 e. The van der Waals surface area contributed by atoms with Crippen molar-refractivity contribution in [2.75, 3.05) is 25.6 Å². The number of carbonyl (C=O) groups excluding carboxylic acids is 1. The van der Waals surface area contributed by atoms with Crippen molar-refractivity contribution in [1.29, 1.82) is 0 Å². The van der Waals surface area contributed by atoms with E-state index < -0.39 is 11.9 Å². The lowest BCUT2D eigenvalue weighted by Crippen LogP contribution is -2.12. The molecule has 0 aliphatic heterocycles. The van der Waals surface area contributed by atoms with Crippen LogP contribution in [0, 0.1) is 5.82 Å².